The van der Waals surface area contributed by atoms with E-state index in [0.29, 0.717) is 13.1 Å². The summed E-state index contributed by atoms with van der Waals surface area (Å²) < 4.78 is 0. The minimum absolute atomic E-state index is 0.0199. The average Bonchev–Trinajstić information content (AvgIpc) is 3.12. The van der Waals surface area contributed by atoms with Crippen molar-refractivity contribution in [3.05, 3.63) is 57.2 Å². The van der Waals surface area contributed by atoms with Gasteiger partial charge >= 0.3 is 0 Å². The Balaban J connectivity index is 1.62. The third-order valence-corrected chi connectivity index (χ3v) is 4.35. The highest BCUT2D eigenvalue weighted by molar-refractivity contribution is 7.12. The molecule has 0 fully saturated rings. The molecule has 1 amide bonds. The van der Waals surface area contributed by atoms with Crippen molar-refractivity contribution in [2.24, 2.45) is 4.99 Å². The molecule has 24 heavy (non-hydrogen) atoms. The van der Waals surface area contributed by atoms with E-state index < -0.39 is 0 Å². The van der Waals surface area contributed by atoms with Gasteiger partial charge in [0.15, 0.2) is 5.96 Å². The number of benzene rings is 1. The smallest absolute Gasteiger partial charge is 0.261 e. The van der Waals surface area contributed by atoms with E-state index >= 15 is 0 Å². The van der Waals surface area contributed by atoms with E-state index in [-0.39, 0.29) is 5.91 Å². The molecule has 0 bridgehead atoms. The molecule has 0 aliphatic heterocycles. The summed E-state index contributed by atoms with van der Waals surface area (Å²) in [6.07, 6.45) is 0.814. The highest BCUT2D eigenvalue weighted by Crippen LogP contribution is 2.10. The summed E-state index contributed by atoms with van der Waals surface area (Å²) in [5, 5.41) is 12.0. The average molecular weight is 365 g/mol. The Kier molecular flexibility index (Phi) is 7.58. The predicted octanol–water partition coefficient (Wildman–Crippen LogP) is 2.89. The van der Waals surface area contributed by atoms with Crippen LogP contribution in [0, 0.1) is 0 Å². The first-order valence-electron chi connectivity index (χ1n) is 7.69. The molecule has 2 rings (SSSR count). The van der Waals surface area contributed by atoms with Crippen LogP contribution in [-0.2, 0) is 6.54 Å². The van der Waals surface area contributed by atoms with Crippen LogP contribution < -0.4 is 16.0 Å². The summed E-state index contributed by atoms with van der Waals surface area (Å²) >= 11 is 7.41. The van der Waals surface area contributed by atoms with Crippen LogP contribution in [-0.4, -0.2) is 32.0 Å². The van der Waals surface area contributed by atoms with Gasteiger partial charge in [-0.05, 0) is 35.6 Å². The maximum Gasteiger partial charge on any atom is 0.261 e. The van der Waals surface area contributed by atoms with Gasteiger partial charge in [0.05, 0.1) is 4.88 Å². The van der Waals surface area contributed by atoms with Gasteiger partial charge in [0.1, 0.15) is 0 Å². The van der Waals surface area contributed by atoms with Crippen LogP contribution in [0.1, 0.15) is 21.7 Å². The Morgan fingerprint density at radius 3 is 2.71 bits per heavy atom. The maximum absolute atomic E-state index is 11.8. The van der Waals surface area contributed by atoms with Gasteiger partial charge in [-0.15, -0.1) is 11.3 Å². The second-order valence-electron chi connectivity index (χ2n) is 5.07. The first kappa shape index (κ1) is 18.3. The first-order chi connectivity index (χ1) is 11.7. The predicted molar refractivity (Wildman–Crippen MR) is 101 cm³/mol. The summed E-state index contributed by atoms with van der Waals surface area (Å²) in [5.74, 6) is 0.702. The van der Waals surface area contributed by atoms with Crippen LogP contribution in [0.15, 0.2) is 46.8 Å². The van der Waals surface area contributed by atoms with Crippen molar-refractivity contribution in [2.75, 3.05) is 20.1 Å². The molecule has 0 spiro atoms. The van der Waals surface area contributed by atoms with Crippen LogP contribution in [0.3, 0.4) is 0 Å². The molecule has 7 heteroatoms. The molecule has 128 valence electrons. The minimum atomic E-state index is -0.0199. The number of hydrogen-bond acceptors (Lipinski definition) is 3. The van der Waals surface area contributed by atoms with E-state index in [1.165, 1.54) is 11.3 Å². The van der Waals surface area contributed by atoms with E-state index in [0.717, 1.165) is 34.4 Å². The molecule has 1 aromatic carbocycles. The Labute approximate surface area is 151 Å². The number of nitrogens with one attached hydrogen (secondary N) is 3. The van der Waals surface area contributed by atoms with E-state index in [1.807, 2.05) is 41.8 Å². The summed E-state index contributed by atoms with van der Waals surface area (Å²) in [5.41, 5.74) is 1.09. The Morgan fingerprint density at radius 1 is 1.17 bits per heavy atom. The van der Waals surface area contributed by atoms with Crippen molar-refractivity contribution < 1.29 is 4.79 Å². The monoisotopic (exact) mass is 364 g/mol. The second kappa shape index (κ2) is 9.95. The van der Waals surface area contributed by atoms with Crippen molar-refractivity contribution in [1.29, 1.82) is 0 Å². The number of carbonyl (C=O) groups is 1. The summed E-state index contributed by atoms with van der Waals surface area (Å²) in [4.78, 5) is 16.7. The normalized spacial score (nSPS) is 11.2. The van der Waals surface area contributed by atoms with Crippen molar-refractivity contribution in [1.82, 2.24) is 16.0 Å². The summed E-state index contributed by atoms with van der Waals surface area (Å²) in [7, 11) is 1.73. The first-order valence-corrected chi connectivity index (χ1v) is 8.95. The molecule has 5 nitrogen and oxygen atoms in total. The lowest BCUT2D eigenvalue weighted by Crippen LogP contribution is -2.38. The third kappa shape index (κ3) is 6.22. The van der Waals surface area contributed by atoms with Gasteiger partial charge in [-0.1, -0.05) is 29.8 Å². The van der Waals surface area contributed by atoms with Gasteiger partial charge in [-0.3, -0.25) is 9.79 Å². The molecule has 1 heterocycles. The van der Waals surface area contributed by atoms with Crippen molar-refractivity contribution in [3.63, 3.8) is 0 Å². The molecular formula is C17H21ClN4OS. The Morgan fingerprint density at radius 2 is 2.00 bits per heavy atom. The van der Waals surface area contributed by atoms with Crippen LogP contribution in [0.25, 0.3) is 0 Å². The number of amides is 1. The van der Waals surface area contributed by atoms with E-state index in [2.05, 4.69) is 20.9 Å². The zero-order valence-electron chi connectivity index (χ0n) is 13.5. The number of thiophene rings is 1. The molecule has 0 aliphatic rings. The molecule has 0 aliphatic carbocycles. The van der Waals surface area contributed by atoms with Gasteiger partial charge in [-0.25, -0.2) is 0 Å². The fourth-order valence-corrected chi connectivity index (χ4v) is 2.90. The number of hydrogen-bond donors (Lipinski definition) is 3. The molecule has 0 saturated carbocycles. The van der Waals surface area contributed by atoms with Crippen LogP contribution in [0.5, 0.6) is 0 Å². The quantitative estimate of drug-likeness (QED) is 0.402. The molecule has 3 N–H and O–H groups in total. The molecule has 0 unspecified atom stereocenters. The van der Waals surface area contributed by atoms with Crippen LogP contribution >= 0.6 is 22.9 Å². The summed E-state index contributed by atoms with van der Waals surface area (Å²) in [6.45, 7) is 1.99. The molecule has 0 saturated heterocycles. The zero-order chi connectivity index (χ0) is 17.2. The standard InChI is InChI=1S/C17H21ClN4OS/c1-19-17(22-12-13-5-2-6-14(18)11-13)21-9-4-8-20-16(23)15-7-3-10-24-15/h2-3,5-7,10-11H,4,8-9,12H2,1H3,(H,20,23)(H2,19,21,22). The number of rotatable bonds is 7. The number of aliphatic imine (C=N–C) groups is 1. The summed E-state index contributed by atoms with van der Waals surface area (Å²) in [6, 6.07) is 11.4. The number of carbonyl (C=O) groups excluding carboxylic acids is 1. The van der Waals surface area contributed by atoms with E-state index in [9.17, 15) is 4.79 Å². The molecular weight excluding hydrogens is 344 g/mol. The fraction of sp³-hybridized carbons (Fsp3) is 0.294. The van der Waals surface area contributed by atoms with E-state index in [4.69, 9.17) is 11.6 Å². The lowest BCUT2D eigenvalue weighted by atomic mass is 10.2. The molecule has 0 radical (unpaired) electrons. The highest BCUT2D eigenvalue weighted by atomic mass is 35.5. The van der Waals surface area contributed by atoms with Crippen LogP contribution in [0.4, 0.5) is 0 Å². The lowest BCUT2D eigenvalue weighted by molar-refractivity contribution is 0.0957. The Bertz CT molecular complexity index is 673. The van der Waals surface area contributed by atoms with Crippen molar-refractivity contribution >= 4 is 34.8 Å². The van der Waals surface area contributed by atoms with Gasteiger partial charge in [-0.2, -0.15) is 0 Å². The van der Waals surface area contributed by atoms with Gasteiger partial charge < -0.3 is 16.0 Å². The van der Waals surface area contributed by atoms with Gasteiger partial charge in [0.25, 0.3) is 5.91 Å². The largest absolute Gasteiger partial charge is 0.356 e. The number of nitrogens with zero attached hydrogens (tertiary/aromatic N) is 1. The lowest BCUT2D eigenvalue weighted by Gasteiger charge is -2.12. The Hall–Kier alpha value is -2.05. The van der Waals surface area contributed by atoms with Crippen molar-refractivity contribution in [2.45, 2.75) is 13.0 Å². The number of halogens is 1. The minimum Gasteiger partial charge on any atom is -0.356 e. The SMILES string of the molecule is CN=C(NCCCNC(=O)c1cccs1)NCc1cccc(Cl)c1. The second-order valence-corrected chi connectivity index (χ2v) is 6.45. The van der Waals surface area contributed by atoms with E-state index in [1.54, 1.807) is 7.05 Å². The molecule has 1 aromatic heterocycles. The van der Waals surface area contributed by atoms with Crippen molar-refractivity contribution in [3.8, 4) is 0 Å². The highest BCUT2D eigenvalue weighted by Gasteiger charge is 2.04. The third-order valence-electron chi connectivity index (χ3n) is 3.25. The maximum atomic E-state index is 11.8. The van der Waals surface area contributed by atoms with Gasteiger partial charge in [0.2, 0.25) is 0 Å². The number of guanidine groups is 1. The fourth-order valence-electron chi connectivity index (χ4n) is 2.05. The molecule has 0 atom stereocenters. The van der Waals surface area contributed by atoms with Crippen LogP contribution in [0.2, 0.25) is 5.02 Å². The topological polar surface area (TPSA) is 65.5 Å². The van der Waals surface area contributed by atoms with Gasteiger partial charge in [0, 0.05) is 31.7 Å². The molecule has 2 aromatic rings. The zero-order valence-corrected chi connectivity index (χ0v) is 15.1.